The molecule has 128 valence electrons. The van der Waals surface area contributed by atoms with Gasteiger partial charge in [-0.1, -0.05) is 58.4 Å². The molecule has 25 heavy (non-hydrogen) atoms. The lowest BCUT2D eigenvalue weighted by Gasteiger charge is -2.21. The summed E-state index contributed by atoms with van der Waals surface area (Å²) < 4.78 is 0.998. The summed E-state index contributed by atoms with van der Waals surface area (Å²) >= 11 is 3.44. The van der Waals surface area contributed by atoms with Gasteiger partial charge in [0.15, 0.2) is 0 Å². The van der Waals surface area contributed by atoms with Gasteiger partial charge >= 0.3 is 0 Å². The second kappa shape index (κ2) is 6.39. The zero-order chi connectivity index (χ0) is 17.6. The zero-order valence-electron chi connectivity index (χ0n) is 13.9. The molecule has 0 aromatic heterocycles. The van der Waals surface area contributed by atoms with Crippen LogP contribution in [-0.2, 0) is 16.1 Å². The van der Waals surface area contributed by atoms with Crippen LogP contribution in [0.1, 0.15) is 24.1 Å². The van der Waals surface area contributed by atoms with E-state index < -0.39 is 0 Å². The molecule has 2 aromatic carbocycles. The molecule has 0 saturated carbocycles. The summed E-state index contributed by atoms with van der Waals surface area (Å²) in [4.78, 5) is 27.4. The van der Waals surface area contributed by atoms with Crippen LogP contribution in [0, 0.1) is 11.8 Å². The largest absolute Gasteiger partial charge is 0.306 e. The lowest BCUT2D eigenvalue weighted by Crippen LogP contribution is -2.37. The normalized spacial score (nSPS) is 28.5. The second-order valence-corrected chi connectivity index (χ2v) is 7.70. The van der Waals surface area contributed by atoms with Crippen LogP contribution in [0.5, 0.6) is 0 Å². The van der Waals surface area contributed by atoms with Gasteiger partial charge in [-0.15, -0.1) is 0 Å². The molecule has 0 bridgehead atoms. The molecule has 2 heterocycles. The van der Waals surface area contributed by atoms with Gasteiger partial charge in [0, 0.05) is 16.6 Å². The van der Waals surface area contributed by atoms with E-state index in [-0.39, 0.29) is 35.7 Å². The third-order valence-electron chi connectivity index (χ3n) is 5.24. The van der Waals surface area contributed by atoms with Crippen LogP contribution in [0.4, 0.5) is 0 Å². The smallest absolute Gasteiger partial charge is 0.235 e. The minimum absolute atomic E-state index is 0.0177. The third-order valence-corrected chi connectivity index (χ3v) is 5.77. The van der Waals surface area contributed by atoms with Crippen LogP contribution in [0.15, 0.2) is 59.1 Å². The molecule has 2 fully saturated rings. The number of rotatable bonds is 3. The van der Waals surface area contributed by atoms with Crippen LogP contribution in [-0.4, -0.2) is 22.8 Å². The van der Waals surface area contributed by atoms with E-state index in [9.17, 15) is 9.59 Å². The van der Waals surface area contributed by atoms with E-state index in [0.717, 1.165) is 15.6 Å². The van der Waals surface area contributed by atoms with Gasteiger partial charge in [-0.05, 0) is 30.2 Å². The molecule has 0 radical (unpaired) electrons. The van der Waals surface area contributed by atoms with Gasteiger partial charge in [0.1, 0.15) is 0 Å². The molecule has 4 unspecified atom stereocenters. The number of hydrogen-bond acceptors (Lipinski definition) is 3. The number of carbonyl (C=O) groups is 2. The average molecular weight is 399 g/mol. The Bertz CT molecular complexity index is 806. The van der Waals surface area contributed by atoms with Gasteiger partial charge in [-0.2, -0.15) is 0 Å². The minimum Gasteiger partial charge on any atom is -0.306 e. The Balaban J connectivity index is 1.63. The fourth-order valence-corrected chi connectivity index (χ4v) is 4.30. The molecule has 2 aromatic rings. The van der Waals surface area contributed by atoms with E-state index >= 15 is 0 Å². The molecule has 2 saturated heterocycles. The first-order valence-corrected chi connectivity index (χ1v) is 9.26. The molecule has 4 nitrogen and oxygen atoms in total. The number of fused-ring (bicyclic) bond motifs is 1. The van der Waals surface area contributed by atoms with Gasteiger partial charge in [-0.3, -0.25) is 14.5 Å². The van der Waals surface area contributed by atoms with Gasteiger partial charge in [-0.25, -0.2) is 0 Å². The highest BCUT2D eigenvalue weighted by molar-refractivity contribution is 9.10. The Labute approximate surface area is 155 Å². The number of likely N-dealkylation sites (tertiary alicyclic amines) is 1. The van der Waals surface area contributed by atoms with E-state index in [4.69, 9.17) is 0 Å². The van der Waals surface area contributed by atoms with Gasteiger partial charge in [0.2, 0.25) is 11.8 Å². The molecule has 0 aliphatic carbocycles. The summed E-state index contributed by atoms with van der Waals surface area (Å²) in [6.07, 6.45) is 0. The quantitative estimate of drug-likeness (QED) is 0.806. The predicted octanol–water partition coefficient (Wildman–Crippen LogP) is 3.28. The predicted molar refractivity (Wildman–Crippen MR) is 98.5 cm³/mol. The first kappa shape index (κ1) is 16.5. The molecule has 4 atom stereocenters. The van der Waals surface area contributed by atoms with Crippen molar-refractivity contribution >= 4 is 27.7 Å². The number of carbonyl (C=O) groups excluding carboxylic acids is 2. The number of hydrogen-bond donors (Lipinski definition) is 1. The molecule has 4 rings (SSSR count). The Morgan fingerprint density at radius 3 is 2.28 bits per heavy atom. The molecule has 0 spiro atoms. The Morgan fingerprint density at radius 2 is 1.60 bits per heavy atom. The maximum Gasteiger partial charge on any atom is 0.235 e. The van der Waals surface area contributed by atoms with Gasteiger partial charge in [0.05, 0.1) is 18.4 Å². The number of benzene rings is 2. The molecule has 2 aliphatic heterocycles. The van der Waals surface area contributed by atoms with E-state index in [1.165, 1.54) is 4.90 Å². The standard InChI is InChI=1S/C20H19BrN2O2/c1-12-16-17(18(22-12)14-7-9-15(21)10-8-14)20(25)23(19(16)24)11-13-5-3-2-4-6-13/h2-10,12,16-18,22H,11H2,1H3. The van der Waals surface area contributed by atoms with E-state index in [1.807, 2.05) is 61.5 Å². The molecule has 5 heteroatoms. The van der Waals surface area contributed by atoms with Gasteiger partial charge < -0.3 is 5.32 Å². The third kappa shape index (κ3) is 2.81. The Morgan fingerprint density at radius 1 is 0.960 bits per heavy atom. The minimum atomic E-state index is -0.326. The summed E-state index contributed by atoms with van der Waals surface area (Å²) in [5, 5.41) is 3.45. The van der Waals surface area contributed by atoms with Crippen LogP contribution in [0.2, 0.25) is 0 Å². The summed E-state index contributed by atoms with van der Waals surface area (Å²) in [7, 11) is 0. The van der Waals surface area contributed by atoms with Crippen LogP contribution in [0.25, 0.3) is 0 Å². The van der Waals surface area contributed by atoms with Crippen molar-refractivity contribution < 1.29 is 9.59 Å². The number of halogens is 1. The van der Waals surface area contributed by atoms with E-state index in [0.29, 0.717) is 6.54 Å². The van der Waals surface area contributed by atoms with Crippen molar-refractivity contribution in [3.63, 3.8) is 0 Å². The van der Waals surface area contributed by atoms with Crippen molar-refractivity contribution in [2.45, 2.75) is 25.6 Å². The molecular formula is C20H19BrN2O2. The van der Waals surface area contributed by atoms with Crippen molar-refractivity contribution in [1.82, 2.24) is 10.2 Å². The molecular weight excluding hydrogens is 380 g/mol. The molecule has 2 amide bonds. The number of nitrogens with zero attached hydrogens (tertiary/aromatic N) is 1. The van der Waals surface area contributed by atoms with Crippen molar-refractivity contribution in [2.75, 3.05) is 0 Å². The Hall–Kier alpha value is -1.98. The SMILES string of the molecule is CC1NC(c2ccc(Br)cc2)C2C(=O)N(Cc3ccccc3)C(=O)C12. The number of nitrogens with one attached hydrogen (secondary N) is 1. The van der Waals surface area contributed by atoms with Crippen molar-refractivity contribution in [3.05, 3.63) is 70.2 Å². The summed E-state index contributed by atoms with van der Waals surface area (Å²) in [5.74, 6) is -0.737. The number of amides is 2. The highest BCUT2D eigenvalue weighted by Gasteiger charge is 2.57. The van der Waals surface area contributed by atoms with Crippen molar-refractivity contribution in [1.29, 1.82) is 0 Å². The molecule has 2 aliphatic rings. The summed E-state index contributed by atoms with van der Waals surface area (Å²) in [5.41, 5.74) is 2.02. The fraction of sp³-hybridized carbons (Fsp3) is 0.300. The average Bonchev–Trinajstić information content (AvgIpc) is 3.08. The monoisotopic (exact) mass is 398 g/mol. The Kier molecular flexibility index (Phi) is 4.21. The lowest BCUT2D eigenvalue weighted by atomic mass is 9.87. The summed E-state index contributed by atoms with van der Waals surface area (Å²) in [6, 6.07) is 17.5. The van der Waals surface area contributed by atoms with Crippen molar-refractivity contribution in [2.24, 2.45) is 11.8 Å². The van der Waals surface area contributed by atoms with Crippen LogP contribution < -0.4 is 5.32 Å². The van der Waals surface area contributed by atoms with Crippen molar-refractivity contribution in [3.8, 4) is 0 Å². The van der Waals surface area contributed by atoms with Crippen LogP contribution in [0.3, 0.4) is 0 Å². The maximum absolute atomic E-state index is 13.1. The first-order valence-electron chi connectivity index (χ1n) is 8.47. The highest BCUT2D eigenvalue weighted by Crippen LogP contribution is 2.44. The second-order valence-electron chi connectivity index (χ2n) is 6.78. The van der Waals surface area contributed by atoms with Gasteiger partial charge in [0.25, 0.3) is 0 Å². The molecule has 1 N–H and O–H groups in total. The number of imide groups is 1. The fourth-order valence-electron chi connectivity index (χ4n) is 4.04. The van der Waals surface area contributed by atoms with Crippen LogP contribution >= 0.6 is 15.9 Å². The summed E-state index contributed by atoms with van der Waals surface area (Å²) in [6.45, 7) is 2.35. The first-order chi connectivity index (χ1) is 12.1. The lowest BCUT2D eigenvalue weighted by molar-refractivity contribution is -0.141. The highest BCUT2D eigenvalue weighted by atomic mass is 79.9. The topological polar surface area (TPSA) is 49.4 Å². The zero-order valence-corrected chi connectivity index (χ0v) is 15.4. The van der Waals surface area contributed by atoms with E-state index in [2.05, 4.69) is 21.2 Å². The maximum atomic E-state index is 13.1. The van der Waals surface area contributed by atoms with E-state index in [1.54, 1.807) is 0 Å².